The topological polar surface area (TPSA) is 105 Å². The van der Waals surface area contributed by atoms with Gasteiger partial charge in [-0.25, -0.2) is 4.79 Å². The lowest BCUT2D eigenvalue weighted by Crippen LogP contribution is -2.12. The van der Waals surface area contributed by atoms with E-state index >= 15 is 0 Å². The zero-order valence-electron chi connectivity index (χ0n) is 12.8. The second-order valence-corrected chi connectivity index (χ2v) is 5.53. The minimum atomic E-state index is -0.554. The lowest BCUT2D eigenvalue weighted by molar-refractivity contribution is -0.386. The summed E-state index contributed by atoms with van der Waals surface area (Å²) in [7, 11) is 1.26. The molecule has 0 saturated heterocycles. The minimum absolute atomic E-state index is 0.0244. The Morgan fingerprint density at radius 2 is 2.21 bits per heavy atom. The molecule has 2 rings (SSSR count). The van der Waals surface area contributed by atoms with Crippen LogP contribution in [0.2, 0.25) is 0 Å². The summed E-state index contributed by atoms with van der Waals surface area (Å²) in [6.45, 7) is 1.24. The molecule has 1 aromatic carbocycles. The van der Waals surface area contributed by atoms with Crippen LogP contribution in [0.4, 0.5) is 5.69 Å². The fourth-order valence-electron chi connectivity index (χ4n) is 1.86. The van der Waals surface area contributed by atoms with Crippen LogP contribution >= 0.6 is 15.9 Å². The maximum atomic E-state index is 11.2. The third kappa shape index (κ3) is 4.19. The number of halogens is 1. The molecule has 0 spiro atoms. The zero-order chi connectivity index (χ0) is 17.7. The number of aryl methyl sites for hydroxylation is 1. The molecule has 126 valence electrons. The molecule has 1 aromatic heterocycles. The van der Waals surface area contributed by atoms with Crippen LogP contribution in [0.5, 0.6) is 5.75 Å². The minimum Gasteiger partial charge on any atom is -0.481 e. The summed E-state index contributed by atoms with van der Waals surface area (Å²) >= 11 is 3.33. The first-order valence-electron chi connectivity index (χ1n) is 6.70. The van der Waals surface area contributed by atoms with Gasteiger partial charge in [-0.3, -0.25) is 10.1 Å². The first-order valence-corrected chi connectivity index (χ1v) is 7.49. The lowest BCUT2D eigenvalue weighted by Gasteiger charge is -2.08. The SMILES string of the molecule is COC(=O)COc1ccc(Br)cc1/C=C\c1onc(C)c1[N+](=O)[O-]. The molecule has 24 heavy (non-hydrogen) atoms. The molecular formula is C15H13BrN2O6. The summed E-state index contributed by atoms with van der Waals surface area (Å²) in [4.78, 5) is 21.7. The highest BCUT2D eigenvalue weighted by Gasteiger charge is 2.22. The Hall–Kier alpha value is -2.68. The monoisotopic (exact) mass is 396 g/mol. The van der Waals surface area contributed by atoms with E-state index in [1.54, 1.807) is 24.3 Å². The molecule has 0 aliphatic rings. The number of carbonyl (C=O) groups is 1. The number of ether oxygens (including phenoxy) is 2. The fraction of sp³-hybridized carbons (Fsp3) is 0.200. The normalized spacial score (nSPS) is 10.8. The van der Waals surface area contributed by atoms with Crippen molar-refractivity contribution < 1.29 is 23.7 Å². The molecule has 0 bridgehead atoms. The average molecular weight is 397 g/mol. The lowest BCUT2D eigenvalue weighted by atomic mass is 10.1. The molecule has 0 aliphatic heterocycles. The molecule has 0 saturated carbocycles. The molecular weight excluding hydrogens is 384 g/mol. The van der Waals surface area contributed by atoms with E-state index in [-0.39, 0.29) is 23.7 Å². The van der Waals surface area contributed by atoms with E-state index in [4.69, 9.17) is 9.26 Å². The van der Waals surface area contributed by atoms with Gasteiger partial charge in [0.1, 0.15) is 5.75 Å². The van der Waals surface area contributed by atoms with Crippen molar-refractivity contribution in [2.45, 2.75) is 6.92 Å². The van der Waals surface area contributed by atoms with Gasteiger partial charge >= 0.3 is 11.7 Å². The number of methoxy groups -OCH3 is 1. The van der Waals surface area contributed by atoms with Gasteiger partial charge in [0, 0.05) is 10.0 Å². The van der Waals surface area contributed by atoms with Crippen molar-refractivity contribution >= 4 is 39.7 Å². The van der Waals surface area contributed by atoms with Gasteiger partial charge in [0.25, 0.3) is 0 Å². The van der Waals surface area contributed by atoms with Crippen LogP contribution in [0.1, 0.15) is 17.0 Å². The summed E-state index contributed by atoms with van der Waals surface area (Å²) in [5.74, 6) is -0.0792. The number of rotatable bonds is 6. The molecule has 8 nitrogen and oxygen atoms in total. The molecule has 2 aromatic rings. The van der Waals surface area contributed by atoms with Crippen LogP contribution in [0.15, 0.2) is 27.2 Å². The number of hydrogen-bond acceptors (Lipinski definition) is 7. The zero-order valence-corrected chi connectivity index (χ0v) is 14.4. The van der Waals surface area contributed by atoms with Crippen molar-refractivity contribution in [2.75, 3.05) is 13.7 Å². The quantitative estimate of drug-likeness (QED) is 0.418. The molecule has 0 N–H and O–H groups in total. The molecule has 0 fully saturated rings. The van der Waals surface area contributed by atoms with Crippen molar-refractivity contribution in [3.05, 3.63) is 49.8 Å². The van der Waals surface area contributed by atoms with Crippen LogP contribution in [0.25, 0.3) is 12.2 Å². The number of aromatic nitrogens is 1. The number of nitrogens with zero attached hydrogens (tertiary/aromatic N) is 2. The van der Waals surface area contributed by atoms with E-state index in [1.165, 1.54) is 20.1 Å². The Morgan fingerprint density at radius 1 is 1.46 bits per heavy atom. The third-order valence-corrected chi connectivity index (χ3v) is 3.49. The first kappa shape index (κ1) is 17.7. The maximum Gasteiger partial charge on any atom is 0.343 e. The van der Waals surface area contributed by atoms with E-state index < -0.39 is 10.9 Å². The van der Waals surface area contributed by atoms with Gasteiger partial charge in [-0.05, 0) is 37.3 Å². The van der Waals surface area contributed by atoms with Crippen LogP contribution in [0.3, 0.4) is 0 Å². The van der Waals surface area contributed by atoms with Crippen LogP contribution < -0.4 is 4.74 Å². The van der Waals surface area contributed by atoms with E-state index in [2.05, 4.69) is 25.8 Å². The van der Waals surface area contributed by atoms with Crippen molar-refractivity contribution in [3.63, 3.8) is 0 Å². The predicted octanol–water partition coefficient (Wildman–Crippen LogP) is 3.38. The Kier molecular flexibility index (Phi) is 5.69. The van der Waals surface area contributed by atoms with E-state index in [0.717, 1.165) is 4.47 Å². The van der Waals surface area contributed by atoms with Gasteiger partial charge in [-0.15, -0.1) is 0 Å². The molecule has 0 atom stereocenters. The number of nitro groups is 1. The Bertz CT molecular complexity index is 799. The smallest absolute Gasteiger partial charge is 0.343 e. The van der Waals surface area contributed by atoms with Crippen molar-refractivity contribution in [2.24, 2.45) is 0 Å². The highest BCUT2D eigenvalue weighted by Crippen LogP contribution is 2.28. The Balaban J connectivity index is 2.30. The van der Waals surface area contributed by atoms with Crippen LogP contribution in [-0.4, -0.2) is 29.8 Å². The summed E-state index contributed by atoms with van der Waals surface area (Å²) in [5, 5.41) is 14.6. The Labute approximate surface area is 145 Å². The third-order valence-electron chi connectivity index (χ3n) is 3.00. The molecule has 0 aliphatic carbocycles. The standard InChI is InChI=1S/C15H13BrN2O6/c1-9-15(18(20)21)13(24-17-9)5-3-10-7-11(16)4-6-12(10)23-8-14(19)22-2/h3-7H,8H2,1-2H3/b5-3-. The second kappa shape index (κ2) is 7.73. The van der Waals surface area contributed by atoms with Gasteiger partial charge < -0.3 is 14.0 Å². The number of carbonyl (C=O) groups excluding carboxylic acids is 1. The molecule has 0 amide bonds. The summed E-state index contributed by atoms with van der Waals surface area (Å²) in [5.41, 5.74) is 0.589. The largest absolute Gasteiger partial charge is 0.481 e. The average Bonchev–Trinajstić information content (AvgIpc) is 2.92. The number of benzene rings is 1. The molecule has 0 unspecified atom stereocenters. The predicted molar refractivity (Wildman–Crippen MR) is 88.5 cm³/mol. The van der Waals surface area contributed by atoms with Crippen LogP contribution in [0, 0.1) is 17.0 Å². The van der Waals surface area contributed by atoms with E-state index in [0.29, 0.717) is 11.3 Å². The highest BCUT2D eigenvalue weighted by molar-refractivity contribution is 9.10. The highest BCUT2D eigenvalue weighted by atomic mass is 79.9. The first-order chi connectivity index (χ1) is 11.4. The van der Waals surface area contributed by atoms with E-state index in [9.17, 15) is 14.9 Å². The van der Waals surface area contributed by atoms with Gasteiger partial charge in [-0.1, -0.05) is 21.1 Å². The van der Waals surface area contributed by atoms with Crippen molar-refractivity contribution in [1.29, 1.82) is 0 Å². The Morgan fingerprint density at radius 3 is 2.88 bits per heavy atom. The number of hydrogen-bond donors (Lipinski definition) is 0. The van der Waals surface area contributed by atoms with Gasteiger partial charge in [0.15, 0.2) is 12.3 Å². The second-order valence-electron chi connectivity index (χ2n) is 4.62. The molecule has 0 radical (unpaired) electrons. The summed E-state index contributed by atoms with van der Waals surface area (Å²) in [6.07, 6.45) is 3.00. The van der Waals surface area contributed by atoms with Crippen molar-refractivity contribution in [1.82, 2.24) is 5.16 Å². The van der Waals surface area contributed by atoms with Gasteiger partial charge in [0.2, 0.25) is 5.76 Å². The van der Waals surface area contributed by atoms with Gasteiger partial charge in [-0.2, -0.15) is 0 Å². The molecule has 9 heteroatoms. The summed E-state index contributed by atoms with van der Waals surface area (Å²) in [6, 6.07) is 5.13. The van der Waals surface area contributed by atoms with Gasteiger partial charge in [0.05, 0.1) is 12.0 Å². The van der Waals surface area contributed by atoms with Crippen molar-refractivity contribution in [3.8, 4) is 5.75 Å². The van der Waals surface area contributed by atoms with E-state index in [1.807, 2.05) is 0 Å². The van der Waals surface area contributed by atoms with Crippen LogP contribution in [-0.2, 0) is 9.53 Å². The molecule has 1 heterocycles. The number of esters is 1. The fourth-order valence-corrected chi connectivity index (χ4v) is 2.23. The maximum absolute atomic E-state index is 11.2. The summed E-state index contributed by atoms with van der Waals surface area (Å²) < 4.78 is 15.6.